The van der Waals surface area contributed by atoms with Crippen LogP contribution in [0.2, 0.25) is 0 Å². The van der Waals surface area contributed by atoms with Crippen LogP contribution in [0.1, 0.15) is 71.6 Å². The molecular weight excluding hydrogens is 230 g/mol. The molecule has 1 aliphatic carbocycles. The van der Waals surface area contributed by atoms with E-state index in [9.17, 15) is 0 Å². The molecule has 0 spiro atoms. The fraction of sp³-hybridized carbons (Fsp3) is 0.889. The minimum Gasteiger partial charge on any atom is -0.317 e. The molecule has 1 nitrogen and oxygen atoms in total. The molecule has 1 heteroatoms. The molecule has 0 bridgehead atoms. The zero-order valence-electron chi connectivity index (χ0n) is 13.3. The Morgan fingerprint density at radius 3 is 2.79 bits per heavy atom. The van der Waals surface area contributed by atoms with Crippen LogP contribution in [-0.2, 0) is 0 Å². The van der Waals surface area contributed by atoms with Gasteiger partial charge in [-0.25, -0.2) is 0 Å². The van der Waals surface area contributed by atoms with Crippen LogP contribution in [0.3, 0.4) is 0 Å². The van der Waals surface area contributed by atoms with Gasteiger partial charge in [0.1, 0.15) is 5.54 Å². The molecule has 0 aromatic heterocycles. The first kappa shape index (κ1) is 13.7. The van der Waals surface area contributed by atoms with E-state index in [1.165, 1.54) is 75.4 Å². The molecule has 0 aromatic carbocycles. The third-order valence-electron chi connectivity index (χ3n) is 6.64. The lowest BCUT2D eigenvalue weighted by Crippen LogP contribution is -2.60. The molecule has 3 rings (SSSR count). The molecule has 108 valence electrons. The maximum atomic E-state index is 2.61. The van der Waals surface area contributed by atoms with Crippen molar-refractivity contribution in [3.05, 3.63) is 11.1 Å². The number of hydrogen-bond donors (Lipinski definition) is 0. The maximum absolute atomic E-state index is 2.61. The Hall–Kier alpha value is -0.300. The highest BCUT2D eigenvalue weighted by Gasteiger charge is 2.56. The summed E-state index contributed by atoms with van der Waals surface area (Å²) < 4.78 is 1.36. The van der Waals surface area contributed by atoms with Gasteiger partial charge in [0.25, 0.3) is 0 Å². The Balaban J connectivity index is 1.86. The van der Waals surface area contributed by atoms with Crippen LogP contribution in [0.15, 0.2) is 11.1 Å². The summed E-state index contributed by atoms with van der Waals surface area (Å²) in [7, 11) is 2.56. The van der Waals surface area contributed by atoms with E-state index in [1.54, 1.807) is 0 Å². The van der Waals surface area contributed by atoms with Crippen LogP contribution in [0, 0.1) is 5.92 Å². The molecule has 3 atom stereocenters. The van der Waals surface area contributed by atoms with E-state index in [1.807, 2.05) is 11.1 Å². The van der Waals surface area contributed by atoms with Crippen LogP contribution < -0.4 is 0 Å². The second-order valence-electron chi connectivity index (χ2n) is 7.83. The number of unbranched alkanes of at least 4 members (excludes halogenated alkanes) is 1. The summed E-state index contributed by atoms with van der Waals surface area (Å²) in [5.41, 5.74) is 4.29. The largest absolute Gasteiger partial charge is 0.317 e. The van der Waals surface area contributed by atoms with Gasteiger partial charge < -0.3 is 4.48 Å². The van der Waals surface area contributed by atoms with Crippen molar-refractivity contribution in [3.63, 3.8) is 0 Å². The van der Waals surface area contributed by atoms with Gasteiger partial charge in [0.2, 0.25) is 0 Å². The number of quaternary nitrogens is 1. The SMILES string of the molecule is CCCC[C@H]1C[C@]2(C)C3=C(CCCC3)CC[N@+]2(C)C1. The van der Waals surface area contributed by atoms with Gasteiger partial charge in [0.15, 0.2) is 0 Å². The van der Waals surface area contributed by atoms with E-state index in [4.69, 9.17) is 0 Å². The summed E-state index contributed by atoms with van der Waals surface area (Å²) in [5.74, 6) is 0.990. The average Bonchev–Trinajstić information content (AvgIpc) is 2.69. The van der Waals surface area contributed by atoms with E-state index in [0.717, 1.165) is 5.92 Å². The van der Waals surface area contributed by atoms with Crippen LogP contribution in [-0.4, -0.2) is 30.2 Å². The van der Waals surface area contributed by atoms with Gasteiger partial charge in [-0.1, -0.05) is 25.3 Å². The Kier molecular flexibility index (Phi) is 3.53. The van der Waals surface area contributed by atoms with Crippen molar-refractivity contribution in [2.75, 3.05) is 20.1 Å². The third-order valence-corrected chi connectivity index (χ3v) is 6.64. The van der Waals surface area contributed by atoms with Gasteiger partial charge in [-0.3, -0.25) is 0 Å². The number of likely N-dealkylation sites (N-methyl/N-ethyl adjacent to an activating group) is 1. The van der Waals surface area contributed by atoms with Crippen LogP contribution in [0.25, 0.3) is 0 Å². The fourth-order valence-corrected chi connectivity index (χ4v) is 5.37. The highest BCUT2D eigenvalue weighted by molar-refractivity contribution is 5.29. The molecule has 0 unspecified atom stereocenters. The predicted molar refractivity (Wildman–Crippen MR) is 82.1 cm³/mol. The summed E-state index contributed by atoms with van der Waals surface area (Å²) in [4.78, 5) is 0. The first-order valence-corrected chi connectivity index (χ1v) is 8.65. The third kappa shape index (κ3) is 2.09. The summed E-state index contributed by atoms with van der Waals surface area (Å²) in [5, 5.41) is 0. The van der Waals surface area contributed by atoms with Gasteiger partial charge in [-0.05, 0) is 44.6 Å². The summed E-state index contributed by atoms with van der Waals surface area (Å²) >= 11 is 0. The van der Waals surface area contributed by atoms with E-state index < -0.39 is 0 Å². The summed E-state index contributed by atoms with van der Waals surface area (Å²) in [6, 6.07) is 0. The topological polar surface area (TPSA) is 0 Å². The number of fused-ring (bicyclic) bond motifs is 2. The lowest BCUT2D eigenvalue weighted by molar-refractivity contribution is -0.942. The lowest BCUT2D eigenvalue weighted by Gasteiger charge is -2.51. The molecule has 0 saturated carbocycles. The van der Waals surface area contributed by atoms with E-state index in [2.05, 4.69) is 20.9 Å². The molecule has 0 aromatic rings. The molecule has 0 N–H and O–H groups in total. The summed E-state index contributed by atoms with van der Waals surface area (Å²) in [6.07, 6.45) is 12.9. The van der Waals surface area contributed by atoms with E-state index in [-0.39, 0.29) is 0 Å². The second-order valence-corrected chi connectivity index (χ2v) is 7.83. The Labute approximate surface area is 119 Å². The minimum atomic E-state index is 0.506. The van der Waals surface area contributed by atoms with Gasteiger partial charge in [-0.2, -0.15) is 0 Å². The fourth-order valence-electron chi connectivity index (χ4n) is 5.37. The second kappa shape index (κ2) is 4.91. The average molecular weight is 262 g/mol. The molecule has 0 amide bonds. The molecule has 19 heavy (non-hydrogen) atoms. The van der Waals surface area contributed by atoms with Crippen molar-refractivity contribution in [2.45, 2.75) is 77.2 Å². The monoisotopic (exact) mass is 262 g/mol. The molecular formula is C18H32N+. The first-order valence-electron chi connectivity index (χ1n) is 8.65. The highest BCUT2D eigenvalue weighted by atomic mass is 15.4. The van der Waals surface area contributed by atoms with Crippen molar-refractivity contribution >= 4 is 0 Å². The smallest absolute Gasteiger partial charge is 0.118 e. The normalized spacial score (nSPS) is 42.2. The predicted octanol–water partition coefficient (Wildman–Crippen LogP) is 4.68. The minimum absolute atomic E-state index is 0.506. The van der Waals surface area contributed by atoms with Gasteiger partial charge in [-0.15, -0.1) is 0 Å². The van der Waals surface area contributed by atoms with E-state index in [0.29, 0.717) is 5.54 Å². The number of hydrogen-bond acceptors (Lipinski definition) is 0. The Bertz CT molecular complexity index is 383. The van der Waals surface area contributed by atoms with Crippen molar-refractivity contribution in [1.82, 2.24) is 0 Å². The zero-order chi connectivity index (χ0) is 13.5. The molecule has 2 heterocycles. The first-order chi connectivity index (χ1) is 9.09. The zero-order valence-corrected chi connectivity index (χ0v) is 13.3. The maximum Gasteiger partial charge on any atom is 0.118 e. The van der Waals surface area contributed by atoms with Crippen LogP contribution in [0.4, 0.5) is 0 Å². The van der Waals surface area contributed by atoms with Crippen molar-refractivity contribution in [1.29, 1.82) is 0 Å². The van der Waals surface area contributed by atoms with Crippen molar-refractivity contribution < 1.29 is 4.48 Å². The highest BCUT2D eigenvalue weighted by Crippen LogP contribution is 2.52. The number of rotatable bonds is 3. The van der Waals surface area contributed by atoms with Crippen molar-refractivity contribution in [2.24, 2.45) is 5.92 Å². The van der Waals surface area contributed by atoms with Crippen molar-refractivity contribution in [3.8, 4) is 0 Å². The van der Waals surface area contributed by atoms with Gasteiger partial charge in [0.05, 0.1) is 20.1 Å². The standard InChI is InChI=1S/C18H32N/c1-4-5-8-15-13-18(2)17-10-7-6-9-16(17)11-12-19(18,3)14-15/h15H,4-14H2,1-3H3/q+1/t15-,18+,19+/m0/s1. The quantitative estimate of drug-likeness (QED) is 0.512. The van der Waals surface area contributed by atoms with Gasteiger partial charge in [0, 0.05) is 18.8 Å². The molecule has 3 aliphatic rings. The molecule has 2 aliphatic heterocycles. The number of nitrogens with zero attached hydrogens (tertiary/aromatic N) is 1. The molecule has 0 radical (unpaired) electrons. The van der Waals surface area contributed by atoms with Crippen LogP contribution >= 0.6 is 0 Å². The Morgan fingerprint density at radius 1 is 1.21 bits per heavy atom. The van der Waals surface area contributed by atoms with Gasteiger partial charge >= 0.3 is 0 Å². The van der Waals surface area contributed by atoms with E-state index >= 15 is 0 Å². The molecule has 1 saturated heterocycles. The Morgan fingerprint density at radius 2 is 2.00 bits per heavy atom. The lowest BCUT2D eigenvalue weighted by atomic mass is 9.73. The summed E-state index contributed by atoms with van der Waals surface area (Å²) in [6.45, 7) is 7.81. The van der Waals surface area contributed by atoms with Crippen LogP contribution in [0.5, 0.6) is 0 Å². The molecule has 1 fully saturated rings.